The lowest BCUT2D eigenvalue weighted by molar-refractivity contribution is -0.283. The molecule has 0 aliphatic carbocycles. The van der Waals surface area contributed by atoms with Crippen molar-refractivity contribution in [1.29, 1.82) is 0 Å². The Kier molecular flexibility index (Phi) is 3.43. The minimum Gasteiger partial charge on any atom is -0.394 e. The maximum Gasteiger partial charge on any atom is 0.189 e. The number of hydrogen-bond donors (Lipinski definition) is 6. The second-order valence-corrected chi connectivity index (χ2v) is 3.33. The predicted octanol–water partition coefficient (Wildman–Crippen LogP) is -3.71. The van der Waals surface area contributed by atoms with Crippen LogP contribution in [0.1, 0.15) is 0 Å². The lowest BCUT2D eigenvalue weighted by Gasteiger charge is -2.46. The van der Waals surface area contributed by atoms with Crippen molar-refractivity contribution in [3.05, 3.63) is 0 Å². The molecule has 1 saturated heterocycles. The standard InChI is InChI=1S/C7H16N2O5/c1-9-7(8)5(12)4(11)3(2-10)14-6(7)13/h3-6,9-13H,2,8H2,1H3/t3-,4-,5+,6?,7-/m0/s1. The molecule has 14 heavy (non-hydrogen) atoms. The fraction of sp³-hybridized carbons (Fsp3) is 1.00. The van der Waals surface area contributed by atoms with Crippen LogP contribution in [0.15, 0.2) is 0 Å². The Labute approximate surface area is 81.1 Å². The lowest BCUT2D eigenvalue weighted by atomic mass is 9.92. The van der Waals surface area contributed by atoms with Gasteiger partial charge in [0.05, 0.1) is 6.61 Å². The van der Waals surface area contributed by atoms with Crippen molar-refractivity contribution < 1.29 is 25.2 Å². The highest BCUT2D eigenvalue weighted by Gasteiger charge is 2.52. The van der Waals surface area contributed by atoms with E-state index >= 15 is 0 Å². The molecule has 0 aromatic carbocycles. The van der Waals surface area contributed by atoms with Crippen LogP contribution < -0.4 is 11.1 Å². The molecule has 7 N–H and O–H groups in total. The Hall–Kier alpha value is -0.280. The fourth-order valence-electron chi connectivity index (χ4n) is 1.41. The van der Waals surface area contributed by atoms with Crippen LogP contribution in [0.25, 0.3) is 0 Å². The van der Waals surface area contributed by atoms with E-state index < -0.39 is 36.9 Å². The average Bonchev–Trinajstić information content (AvgIpc) is 2.20. The predicted molar refractivity (Wildman–Crippen MR) is 46.0 cm³/mol. The summed E-state index contributed by atoms with van der Waals surface area (Å²) >= 11 is 0. The molecule has 7 heteroatoms. The third-order valence-corrected chi connectivity index (χ3v) is 2.52. The van der Waals surface area contributed by atoms with Crippen LogP contribution in [-0.2, 0) is 4.74 Å². The smallest absolute Gasteiger partial charge is 0.189 e. The van der Waals surface area contributed by atoms with Gasteiger partial charge in [-0.25, -0.2) is 0 Å². The third kappa shape index (κ3) is 1.63. The largest absolute Gasteiger partial charge is 0.394 e. The van der Waals surface area contributed by atoms with Gasteiger partial charge in [-0.1, -0.05) is 0 Å². The summed E-state index contributed by atoms with van der Waals surface area (Å²) in [7, 11) is 1.42. The van der Waals surface area contributed by atoms with Crippen LogP contribution in [-0.4, -0.2) is 64.3 Å². The molecule has 0 saturated carbocycles. The molecule has 1 rings (SSSR count). The summed E-state index contributed by atoms with van der Waals surface area (Å²) in [6.07, 6.45) is -5.30. The Morgan fingerprint density at radius 2 is 2.00 bits per heavy atom. The summed E-state index contributed by atoms with van der Waals surface area (Å²) in [4.78, 5) is 0. The molecule has 0 spiro atoms. The van der Waals surface area contributed by atoms with Crippen LogP contribution in [0.3, 0.4) is 0 Å². The van der Waals surface area contributed by atoms with E-state index in [4.69, 9.17) is 15.6 Å². The molecule has 1 aliphatic heterocycles. The van der Waals surface area contributed by atoms with Crippen LogP contribution >= 0.6 is 0 Å². The first-order chi connectivity index (χ1) is 6.47. The number of nitrogens with one attached hydrogen (secondary N) is 1. The molecular formula is C7H16N2O5. The molecular weight excluding hydrogens is 192 g/mol. The van der Waals surface area contributed by atoms with Gasteiger partial charge < -0.3 is 30.9 Å². The van der Waals surface area contributed by atoms with Gasteiger partial charge in [-0.05, 0) is 7.05 Å². The highest BCUT2D eigenvalue weighted by Crippen LogP contribution is 2.24. The van der Waals surface area contributed by atoms with Crippen molar-refractivity contribution in [1.82, 2.24) is 5.32 Å². The van der Waals surface area contributed by atoms with Gasteiger partial charge in [-0.15, -0.1) is 0 Å². The van der Waals surface area contributed by atoms with Crippen molar-refractivity contribution in [3.8, 4) is 0 Å². The number of likely N-dealkylation sites (N-methyl/N-ethyl adjacent to an activating group) is 1. The first kappa shape index (κ1) is 11.8. The van der Waals surface area contributed by atoms with Crippen LogP contribution in [0.4, 0.5) is 0 Å². The molecule has 0 bridgehead atoms. The second-order valence-electron chi connectivity index (χ2n) is 3.33. The summed E-state index contributed by atoms with van der Waals surface area (Å²) < 4.78 is 4.83. The number of rotatable bonds is 2. The van der Waals surface area contributed by atoms with E-state index in [1.807, 2.05) is 0 Å². The first-order valence-electron chi connectivity index (χ1n) is 4.25. The maximum atomic E-state index is 9.58. The summed E-state index contributed by atoms with van der Waals surface area (Å²) in [6, 6.07) is 0. The molecule has 0 aromatic rings. The molecule has 0 amide bonds. The fourth-order valence-corrected chi connectivity index (χ4v) is 1.41. The van der Waals surface area contributed by atoms with Gasteiger partial charge in [0.1, 0.15) is 24.0 Å². The van der Waals surface area contributed by atoms with Gasteiger partial charge in [0.2, 0.25) is 0 Å². The lowest BCUT2D eigenvalue weighted by Crippen LogP contribution is -2.76. The summed E-state index contributed by atoms with van der Waals surface area (Å²) in [5.74, 6) is 0. The number of aliphatic hydroxyl groups is 4. The number of aliphatic hydroxyl groups excluding tert-OH is 4. The minimum absolute atomic E-state index is 0.505. The Balaban J connectivity index is 2.84. The second kappa shape index (κ2) is 4.07. The summed E-state index contributed by atoms with van der Waals surface area (Å²) in [6.45, 7) is -0.505. The number of nitrogens with two attached hydrogens (primary N) is 1. The van der Waals surface area contributed by atoms with Crippen molar-refractivity contribution in [2.75, 3.05) is 13.7 Å². The van der Waals surface area contributed by atoms with E-state index in [1.165, 1.54) is 7.05 Å². The van der Waals surface area contributed by atoms with Crippen molar-refractivity contribution in [3.63, 3.8) is 0 Å². The SMILES string of the molecule is CN[C@]1(N)C(O)O[C@@H](CO)[C@H](O)[C@H]1O. The van der Waals surface area contributed by atoms with Gasteiger partial charge in [0.25, 0.3) is 0 Å². The van der Waals surface area contributed by atoms with Gasteiger partial charge in [-0.3, -0.25) is 5.32 Å². The molecule has 0 radical (unpaired) electrons. The quantitative estimate of drug-likeness (QED) is 0.258. The molecule has 1 fully saturated rings. The van der Waals surface area contributed by atoms with Gasteiger partial charge >= 0.3 is 0 Å². The Bertz CT molecular complexity index is 205. The molecule has 1 heterocycles. The van der Waals surface area contributed by atoms with E-state index in [-0.39, 0.29) is 0 Å². The number of hydrogen-bond acceptors (Lipinski definition) is 7. The van der Waals surface area contributed by atoms with E-state index in [0.717, 1.165) is 0 Å². The van der Waals surface area contributed by atoms with Crippen LogP contribution in [0.5, 0.6) is 0 Å². The zero-order valence-electron chi connectivity index (χ0n) is 7.79. The minimum atomic E-state index is -1.63. The van der Waals surface area contributed by atoms with Crippen molar-refractivity contribution in [2.45, 2.75) is 30.3 Å². The topological polar surface area (TPSA) is 128 Å². The molecule has 1 aliphatic rings. The Morgan fingerprint density at radius 1 is 1.43 bits per heavy atom. The molecule has 0 aromatic heterocycles. The summed E-state index contributed by atoms with van der Waals surface area (Å²) in [5, 5.41) is 39.7. The summed E-state index contributed by atoms with van der Waals surface area (Å²) in [5.41, 5.74) is 3.94. The number of ether oxygens (including phenoxy) is 1. The maximum absolute atomic E-state index is 9.58. The highest BCUT2D eigenvalue weighted by molar-refractivity contribution is 5.00. The Morgan fingerprint density at radius 3 is 2.43 bits per heavy atom. The molecule has 5 atom stereocenters. The normalized spacial score (nSPS) is 49.3. The van der Waals surface area contributed by atoms with Crippen LogP contribution in [0.2, 0.25) is 0 Å². The molecule has 1 unspecified atom stereocenters. The molecule has 84 valence electrons. The highest BCUT2D eigenvalue weighted by atomic mass is 16.6. The zero-order valence-corrected chi connectivity index (χ0v) is 7.79. The monoisotopic (exact) mass is 208 g/mol. The average molecular weight is 208 g/mol. The third-order valence-electron chi connectivity index (χ3n) is 2.52. The van der Waals surface area contributed by atoms with E-state index in [9.17, 15) is 15.3 Å². The van der Waals surface area contributed by atoms with E-state index in [0.29, 0.717) is 0 Å². The van der Waals surface area contributed by atoms with Crippen LogP contribution in [0, 0.1) is 0 Å². The van der Waals surface area contributed by atoms with Crippen molar-refractivity contribution >= 4 is 0 Å². The van der Waals surface area contributed by atoms with Gasteiger partial charge in [0.15, 0.2) is 6.29 Å². The first-order valence-corrected chi connectivity index (χ1v) is 4.25. The van der Waals surface area contributed by atoms with Gasteiger partial charge in [-0.2, -0.15) is 0 Å². The van der Waals surface area contributed by atoms with E-state index in [1.54, 1.807) is 0 Å². The zero-order chi connectivity index (χ0) is 10.9. The van der Waals surface area contributed by atoms with E-state index in [2.05, 4.69) is 5.32 Å². The molecule has 7 nitrogen and oxygen atoms in total. The van der Waals surface area contributed by atoms with Crippen molar-refractivity contribution in [2.24, 2.45) is 5.73 Å². The van der Waals surface area contributed by atoms with Gasteiger partial charge in [0, 0.05) is 0 Å².